The molecule has 2 heterocycles. The van der Waals surface area contributed by atoms with Gasteiger partial charge in [-0.25, -0.2) is 9.69 Å². The molecule has 0 saturated heterocycles. The summed E-state index contributed by atoms with van der Waals surface area (Å²) in [6.07, 6.45) is 0. The molecule has 6 nitrogen and oxygen atoms in total. The molecule has 0 unspecified atom stereocenters. The van der Waals surface area contributed by atoms with E-state index < -0.39 is 17.8 Å². The van der Waals surface area contributed by atoms with E-state index in [0.717, 1.165) is 4.90 Å². The number of fused-ring (bicyclic) bond motifs is 3. The Morgan fingerprint density at radius 1 is 0.909 bits per heavy atom. The normalized spacial score (nSPS) is 12.8. The van der Waals surface area contributed by atoms with Gasteiger partial charge in [-0.2, -0.15) is 0 Å². The third-order valence-electron chi connectivity index (χ3n) is 5.59. The predicted octanol–water partition coefficient (Wildman–Crippen LogP) is 5.35. The Balaban J connectivity index is 1.40. The first kappa shape index (κ1) is 20.8. The quantitative estimate of drug-likeness (QED) is 0.305. The summed E-state index contributed by atoms with van der Waals surface area (Å²) in [6, 6.07) is 20.5. The first-order valence-electron chi connectivity index (χ1n) is 10.2. The number of rotatable bonds is 4. The van der Waals surface area contributed by atoms with E-state index in [1.807, 2.05) is 24.3 Å². The Morgan fingerprint density at radius 3 is 2.33 bits per heavy atom. The number of aromatic nitrogens is 1. The second-order valence-corrected chi connectivity index (χ2v) is 8.03. The van der Waals surface area contributed by atoms with Crippen molar-refractivity contribution >= 4 is 46.0 Å². The van der Waals surface area contributed by atoms with Crippen LogP contribution in [0.5, 0.6) is 0 Å². The lowest BCUT2D eigenvalue weighted by Crippen LogP contribution is -2.29. The van der Waals surface area contributed by atoms with Gasteiger partial charge in [0.25, 0.3) is 11.8 Å². The van der Waals surface area contributed by atoms with Crippen LogP contribution in [0.3, 0.4) is 0 Å². The molecular weight excluding hydrogens is 440 g/mol. The van der Waals surface area contributed by atoms with Crippen LogP contribution in [-0.4, -0.2) is 22.8 Å². The number of para-hydroxylation sites is 1. The summed E-state index contributed by atoms with van der Waals surface area (Å²) in [5.74, 6) is -1.37. The number of imide groups is 1. The Kier molecular flexibility index (Phi) is 5.15. The zero-order valence-corrected chi connectivity index (χ0v) is 18.3. The molecule has 7 heteroatoms. The molecule has 0 aliphatic carbocycles. The van der Waals surface area contributed by atoms with E-state index in [1.165, 1.54) is 12.1 Å². The molecule has 2 amide bonds. The molecule has 0 saturated carbocycles. The van der Waals surface area contributed by atoms with Gasteiger partial charge in [0.05, 0.1) is 33.6 Å². The van der Waals surface area contributed by atoms with Crippen LogP contribution in [0.1, 0.15) is 42.3 Å². The molecule has 1 aromatic heterocycles. The zero-order valence-electron chi connectivity index (χ0n) is 17.5. The second kappa shape index (κ2) is 8.15. The number of halogens is 1. The van der Waals surface area contributed by atoms with Crippen LogP contribution in [0.4, 0.5) is 5.69 Å². The van der Waals surface area contributed by atoms with Crippen molar-refractivity contribution in [3.8, 4) is 0 Å². The van der Waals surface area contributed by atoms with Crippen LogP contribution in [0.15, 0.2) is 72.8 Å². The van der Waals surface area contributed by atoms with Gasteiger partial charge in [0.1, 0.15) is 6.61 Å². The molecule has 0 N–H and O–H groups in total. The lowest BCUT2D eigenvalue weighted by molar-refractivity contribution is 0.0472. The summed E-state index contributed by atoms with van der Waals surface area (Å²) in [6.45, 7) is 1.76. The standard InChI is InChI=1S/C26H17ClN2O4/c1-15-22-23(19-7-3-5-9-21(19)28-15)25(31)29(24(22)30)18-12-10-16(11-13-18)26(32)33-14-17-6-2-4-8-20(17)27/h2-13H,14H2,1H3. The van der Waals surface area contributed by atoms with Gasteiger partial charge in [0.2, 0.25) is 0 Å². The van der Waals surface area contributed by atoms with Crippen LogP contribution in [0, 0.1) is 6.92 Å². The summed E-state index contributed by atoms with van der Waals surface area (Å²) in [7, 11) is 0. The number of carbonyl (C=O) groups is 3. The number of amides is 2. The van der Waals surface area contributed by atoms with Crippen LogP contribution in [-0.2, 0) is 11.3 Å². The van der Waals surface area contributed by atoms with Crippen LogP contribution in [0.2, 0.25) is 5.02 Å². The van der Waals surface area contributed by atoms with Gasteiger partial charge in [0, 0.05) is 16.0 Å². The molecule has 1 aliphatic heterocycles. The van der Waals surface area contributed by atoms with Gasteiger partial charge in [0.15, 0.2) is 0 Å². The average Bonchev–Trinajstić information content (AvgIpc) is 3.09. The van der Waals surface area contributed by atoms with E-state index in [0.29, 0.717) is 49.6 Å². The summed E-state index contributed by atoms with van der Waals surface area (Å²) >= 11 is 6.10. The molecular formula is C26H17ClN2O4. The molecule has 0 radical (unpaired) electrons. The summed E-state index contributed by atoms with van der Waals surface area (Å²) in [5.41, 5.74) is 3.19. The number of pyridine rings is 1. The maximum atomic E-state index is 13.3. The molecule has 3 aromatic carbocycles. The van der Waals surface area contributed by atoms with Crippen LogP contribution >= 0.6 is 11.6 Å². The Hall–Kier alpha value is -4.03. The number of nitrogens with zero attached hydrogens (tertiary/aromatic N) is 2. The Morgan fingerprint density at radius 2 is 1.58 bits per heavy atom. The molecule has 162 valence electrons. The highest BCUT2D eigenvalue weighted by molar-refractivity contribution is 6.37. The molecule has 0 atom stereocenters. The molecule has 4 aromatic rings. The van der Waals surface area contributed by atoms with E-state index in [9.17, 15) is 14.4 Å². The number of benzene rings is 3. The number of aryl methyl sites for hydroxylation is 1. The SMILES string of the molecule is Cc1nc2ccccc2c2c1C(=O)N(c1ccc(C(=O)OCc3ccccc3Cl)cc1)C2=O. The van der Waals surface area contributed by atoms with Gasteiger partial charge in [-0.05, 0) is 43.3 Å². The monoisotopic (exact) mass is 456 g/mol. The van der Waals surface area contributed by atoms with Gasteiger partial charge in [-0.1, -0.05) is 48.0 Å². The number of hydrogen-bond donors (Lipinski definition) is 0. The van der Waals surface area contributed by atoms with Gasteiger partial charge in [-0.15, -0.1) is 0 Å². The van der Waals surface area contributed by atoms with Crippen LogP contribution < -0.4 is 4.90 Å². The highest BCUT2D eigenvalue weighted by Crippen LogP contribution is 2.34. The first-order valence-corrected chi connectivity index (χ1v) is 10.6. The van der Waals surface area contributed by atoms with Crippen molar-refractivity contribution in [2.24, 2.45) is 0 Å². The molecule has 0 bridgehead atoms. The van der Waals surface area contributed by atoms with E-state index in [1.54, 1.807) is 43.3 Å². The third-order valence-corrected chi connectivity index (χ3v) is 5.95. The van der Waals surface area contributed by atoms with E-state index in [4.69, 9.17) is 16.3 Å². The Bertz CT molecular complexity index is 1450. The predicted molar refractivity (Wildman–Crippen MR) is 125 cm³/mol. The zero-order chi connectivity index (χ0) is 23.1. The van der Waals surface area contributed by atoms with Crippen molar-refractivity contribution in [2.75, 3.05) is 4.90 Å². The summed E-state index contributed by atoms with van der Waals surface area (Å²) in [4.78, 5) is 44.4. The Labute approximate surface area is 194 Å². The lowest BCUT2D eigenvalue weighted by Gasteiger charge is -2.14. The average molecular weight is 457 g/mol. The van der Waals surface area contributed by atoms with Crippen molar-refractivity contribution in [3.05, 3.63) is 106 Å². The minimum absolute atomic E-state index is 0.0397. The van der Waals surface area contributed by atoms with Crippen LogP contribution in [0.25, 0.3) is 10.9 Å². The molecule has 1 aliphatic rings. The molecule has 5 rings (SSSR count). The molecule has 33 heavy (non-hydrogen) atoms. The maximum Gasteiger partial charge on any atom is 0.338 e. The lowest BCUT2D eigenvalue weighted by atomic mass is 10.0. The van der Waals surface area contributed by atoms with Crippen molar-refractivity contribution in [2.45, 2.75) is 13.5 Å². The largest absolute Gasteiger partial charge is 0.457 e. The number of carbonyl (C=O) groups excluding carboxylic acids is 3. The van der Waals surface area contributed by atoms with E-state index in [2.05, 4.69) is 4.98 Å². The van der Waals surface area contributed by atoms with Crippen molar-refractivity contribution < 1.29 is 19.1 Å². The highest BCUT2D eigenvalue weighted by atomic mass is 35.5. The summed E-state index contributed by atoms with van der Waals surface area (Å²) < 4.78 is 5.34. The second-order valence-electron chi connectivity index (χ2n) is 7.62. The van der Waals surface area contributed by atoms with Gasteiger partial charge >= 0.3 is 5.97 Å². The number of anilines is 1. The number of ether oxygens (including phenoxy) is 1. The smallest absolute Gasteiger partial charge is 0.338 e. The van der Waals surface area contributed by atoms with Gasteiger partial charge < -0.3 is 4.74 Å². The maximum absolute atomic E-state index is 13.3. The number of hydrogen-bond acceptors (Lipinski definition) is 5. The minimum Gasteiger partial charge on any atom is -0.457 e. The van der Waals surface area contributed by atoms with Crippen molar-refractivity contribution in [1.29, 1.82) is 0 Å². The van der Waals surface area contributed by atoms with E-state index >= 15 is 0 Å². The fraction of sp³-hybridized carbons (Fsp3) is 0.0769. The number of esters is 1. The van der Waals surface area contributed by atoms with Crippen molar-refractivity contribution in [3.63, 3.8) is 0 Å². The summed E-state index contributed by atoms with van der Waals surface area (Å²) in [5, 5.41) is 1.15. The third kappa shape index (κ3) is 3.54. The minimum atomic E-state index is -0.533. The van der Waals surface area contributed by atoms with E-state index in [-0.39, 0.29) is 6.61 Å². The van der Waals surface area contributed by atoms with Crippen molar-refractivity contribution in [1.82, 2.24) is 4.98 Å². The molecule has 0 fully saturated rings. The first-order chi connectivity index (χ1) is 16.0. The fourth-order valence-electron chi connectivity index (χ4n) is 3.96. The molecule has 0 spiro atoms. The van der Waals surface area contributed by atoms with Gasteiger partial charge in [-0.3, -0.25) is 14.6 Å². The topological polar surface area (TPSA) is 76.6 Å². The fourth-order valence-corrected chi connectivity index (χ4v) is 4.15. The highest BCUT2D eigenvalue weighted by Gasteiger charge is 2.40.